The number of rotatable bonds is 7. The van der Waals surface area contributed by atoms with E-state index in [1.54, 1.807) is 11.3 Å². The van der Waals surface area contributed by atoms with Crippen LogP contribution in [0.4, 0.5) is 5.13 Å². The first kappa shape index (κ1) is 15.5. The van der Waals surface area contributed by atoms with Crippen molar-refractivity contribution in [3.63, 3.8) is 0 Å². The third kappa shape index (κ3) is 3.81. The lowest BCUT2D eigenvalue weighted by Crippen LogP contribution is -2.29. The Balaban J connectivity index is 2.13. The van der Waals surface area contributed by atoms with Gasteiger partial charge in [-0.05, 0) is 38.8 Å². The molecule has 1 atom stereocenters. The Morgan fingerprint density at radius 2 is 2.15 bits per heavy atom. The van der Waals surface area contributed by atoms with Crippen LogP contribution in [0.3, 0.4) is 0 Å². The van der Waals surface area contributed by atoms with Gasteiger partial charge < -0.3 is 10.2 Å². The van der Waals surface area contributed by atoms with Crippen molar-refractivity contribution in [2.24, 2.45) is 0 Å². The van der Waals surface area contributed by atoms with Crippen LogP contribution in [0.25, 0.3) is 0 Å². The molecule has 2 aromatic heterocycles. The van der Waals surface area contributed by atoms with Crippen molar-refractivity contribution in [2.75, 3.05) is 11.4 Å². The topological polar surface area (TPSA) is 28.2 Å². The zero-order valence-electron chi connectivity index (χ0n) is 12.6. The molecule has 110 valence electrons. The zero-order valence-corrected chi connectivity index (χ0v) is 14.2. The Kier molecular flexibility index (Phi) is 5.57. The van der Waals surface area contributed by atoms with E-state index >= 15 is 0 Å². The van der Waals surface area contributed by atoms with E-state index in [-0.39, 0.29) is 0 Å². The van der Waals surface area contributed by atoms with Crippen molar-refractivity contribution < 1.29 is 0 Å². The Labute approximate surface area is 129 Å². The van der Waals surface area contributed by atoms with Crippen LogP contribution in [0.5, 0.6) is 0 Å². The Bertz CT molecular complexity index is 505. The van der Waals surface area contributed by atoms with Crippen LogP contribution in [-0.2, 0) is 6.54 Å². The molecule has 2 aromatic rings. The molecule has 1 unspecified atom stereocenters. The highest BCUT2D eigenvalue weighted by Gasteiger charge is 2.17. The molecular formula is C15H23N3S2. The Morgan fingerprint density at radius 3 is 2.75 bits per heavy atom. The summed E-state index contributed by atoms with van der Waals surface area (Å²) in [4.78, 5) is 9.69. The smallest absolute Gasteiger partial charge is 0.186 e. The Hall–Kier alpha value is -0.910. The lowest BCUT2D eigenvalue weighted by molar-refractivity contribution is 0.606. The summed E-state index contributed by atoms with van der Waals surface area (Å²) in [5, 5.41) is 6.69. The molecule has 2 rings (SSSR count). The summed E-state index contributed by atoms with van der Waals surface area (Å²) in [6, 6.07) is 5.13. The highest BCUT2D eigenvalue weighted by Crippen LogP contribution is 2.30. The van der Waals surface area contributed by atoms with E-state index in [4.69, 9.17) is 0 Å². The van der Waals surface area contributed by atoms with Gasteiger partial charge in [0.25, 0.3) is 0 Å². The first-order chi connectivity index (χ1) is 9.61. The number of thiophene rings is 1. The molecule has 0 aliphatic heterocycles. The molecular weight excluding hydrogens is 286 g/mol. The molecule has 0 aliphatic rings. The van der Waals surface area contributed by atoms with Crippen molar-refractivity contribution in [1.29, 1.82) is 0 Å². The van der Waals surface area contributed by atoms with Gasteiger partial charge in [-0.25, -0.2) is 4.98 Å². The first-order valence-corrected chi connectivity index (χ1v) is 8.79. The average Bonchev–Trinajstić information content (AvgIpc) is 3.07. The van der Waals surface area contributed by atoms with E-state index in [0.717, 1.165) is 18.2 Å². The molecule has 5 heteroatoms. The fraction of sp³-hybridized carbons (Fsp3) is 0.533. The van der Waals surface area contributed by atoms with Gasteiger partial charge in [0.05, 0.1) is 6.54 Å². The van der Waals surface area contributed by atoms with E-state index < -0.39 is 0 Å². The van der Waals surface area contributed by atoms with Gasteiger partial charge in [0.15, 0.2) is 5.13 Å². The van der Waals surface area contributed by atoms with Crippen molar-refractivity contribution in [3.8, 4) is 0 Å². The number of anilines is 1. The molecule has 3 nitrogen and oxygen atoms in total. The quantitative estimate of drug-likeness (QED) is 0.827. The number of hydrogen-bond acceptors (Lipinski definition) is 5. The number of hydrogen-bond donors (Lipinski definition) is 1. The molecule has 0 aliphatic carbocycles. The fourth-order valence-electron chi connectivity index (χ4n) is 2.06. The largest absolute Gasteiger partial charge is 0.341 e. The normalized spacial score (nSPS) is 12.8. The molecule has 0 fully saturated rings. The third-order valence-electron chi connectivity index (χ3n) is 3.22. The van der Waals surface area contributed by atoms with Crippen LogP contribution in [0.1, 0.15) is 43.5 Å². The summed E-state index contributed by atoms with van der Waals surface area (Å²) >= 11 is 3.60. The second kappa shape index (κ2) is 7.20. The Morgan fingerprint density at radius 1 is 1.35 bits per heavy atom. The highest BCUT2D eigenvalue weighted by molar-refractivity contribution is 7.15. The van der Waals surface area contributed by atoms with Crippen LogP contribution < -0.4 is 10.2 Å². The summed E-state index contributed by atoms with van der Waals surface area (Å²) in [6.45, 7) is 10.7. The van der Waals surface area contributed by atoms with Crippen LogP contribution in [0, 0.1) is 0 Å². The predicted octanol–water partition coefficient (Wildman–Crippen LogP) is 4.29. The van der Waals surface area contributed by atoms with Crippen LogP contribution >= 0.6 is 22.7 Å². The van der Waals surface area contributed by atoms with E-state index in [1.807, 2.05) is 17.5 Å². The van der Waals surface area contributed by atoms with Crippen molar-refractivity contribution in [3.05, 3.63) is 33.5 Å². The number of aromatic nitrogens is 1. The van der Waals surface area contributed by atoms with Gasteiger partial charge in [-0.2, -0.15) is 0 Å². The van der Waals surface area contributed by atoms with Crippen molar-refractivity contribution in [1.82, 2.24) is 10.3 Å². The highest BCUT2D eigenvalue weighted by atomic mass is 32.1. The molecule has 0 bridgehead atoms. The van der Waals surface area contributed by atoms with Crippen LogP contribution in [0.15, 0.2) is 23.7 Å². The summed E-state index contributed by atoms with van der Waals surface area (Å²) in [7, 11) is 0. The second-order valence-electron chi connectivity index (χ2n) is 5.13. The van der Waals surface area contributed by atoms with E-state index in [0.29, 0.717) is 12.1 Å². The molecule has 0 saturated heterocycles. The monoisotopic (exact) mass is 309 g/mol. The first-order valence-electron chi connectivity index (χ1n) is 7.10. The molecule has 0 saturated carbocycles. The number of nitrogens with zero attached hydrogens (tertiary/aromatic N) is 2. The maximum absolute atomic E-state index is 4.63. The van der Waals surface area contributed by atoms with Gasteiger partial charge in [-0.1, -0.05) is 13.0 Å². The van der Waals surface area contributed by atoms with Crippen molar-refractivity contribution in [2.45, 2.75) is 46.3 Å². The third-order valence-corrected chi connectivity index (χ3v) is 5.30. The average molecular weight is 310 g/mol. The van der Waals surface area contributed by atoms with Gasteiger partial charge in [0.2, 0.25) is 0 Å². The molecule has 20 heavy (non-hydrogen) atoms. The van der Waals surface area contributed by atoms with Crippen LogP contribution in [0.2, 0.25) is 0 Å². The maximum Gasteiger partial charge on any atom is 0.186 e. The minimum atomic E-state index is 0.377. The number of nitrogens with one attached hydrogen (secondary N) is 1. The van der Waals surface area contributed by atoms with Gasteiger partial charge in [-0.3, -0.25) is 0 Å². The minimum Gasteiger partial charge on any atom is -0.341 e. The molecule has 0 spiro atoms. The summed E-state index contributed by atoms with van der Waals surface area (Å²) in [5.74, 6) is 0. The summed E-state index contributed by atoms with van der Waals surface area (Å²) < 4.78 is 0. The molecule has 0 aromatic carbocycles. The standard InChI is InChI=1S/C15H23N3S2/c1-5-16-12(4)14-9-17-15(20-14)18(11(2)3)10-13-7-6-8-19-13/h6-9,11-12,16H,5,10H2,1-4H3. The second-order valence-corrected chi connectivity index (χ2v) is 7.20. The molecule has 1 N–H and O–H groups in total. The van der Waals surface area contributed by atoms with Crippen LogP contribution in [-0.4, -0.2) is 17.6 Å². The zero-order chi connectivity index (χ0) is 14.5. The lowest BCUT2D eigenvalue weighted by Gasteiger charge is -2.25. The van der Waals surface area contributed by atoms with Gasteiger partial charge in [0.1, 0.15) is 0 Å². The molecule has 0 amide bonds. The minimum absolute atomic E-state index is 0.377. The predicted molar refractivity (Wildman–Crippen MR) is 89.8 cm³/mol. The fourth-order valence-corrected chi connectivity index (χ4v) is 3.84. The summed E-state index contributed by atoms with van der Waals surface area (Å²) in [6.07, 6.45) is 2.01. The lowest BCUT2D eigenvalue weighted by atomic mass is 10.3. The SMILES string of the molecule is CCNC(C)c1cnc(N(Cc2cccs2)C(C)C)s1. The van der Waals surface area contributed by atoms with Crippen molar-refractivity contribution >= 4 is 27.8 Å². The summed E-state index contributed by atoms with van der Waals surface area (Å²) in [5.41, 5.74) is 0. The van der Waals surface area contributed by atoms with E-state index in [9.17, 15) is 0 Å². The maximum atomic E-state index is 4.63. The van der Waals surface area contributed by atoms with Gasteiger partial charge in [-0.15, -0.1) is 22.7 Å². The molecule has 2 heterocycles. The number of thiazole rings is 1. The van der Waals surface area contributed by atoms with E-state index in [2.05, 4.69) is 60.4 Å². The van der Waals surface area contributed by atoms with E-state index in [1.165, 1.54) is 9.75 Å². The van der Waals surface area contributed by atoms with Gasteiger partial charge in [0, 0.05) is 28.0 Å². The van der Waals surface area contributed by atoms with Gasteiger partial charge >= 0.3 is 0 Å². The molecule has 0 radical (unpaired) electrons.